The first-order valence-corrected chi connectivity index (χ1v) is 23.6. The minimum atomic E-state index is -0.668. The SMILES string of the molecule is O=C(NC(=O)c1ccc2c(C=Nc3ccc(-c4ccc(C(=O)c5ccc(N=Nc6c(O)ccc7cc(CON=CONc8cccc(Br)c8)ccc67)cc5)cc4)cc3)c(O)ccc2c1)Nc1cccc(Br)c1. The monoisotopic (exact) mass is 1080 g/mol. The first-order chi connectivity index (χ1) is 35.0. The number of fused-ring (bicyclic) bond motifs is 2. The van der Waals surface area contributed by atoms with Crippen LogP contribution in [-0.4, -0.2) is 40.5 Å². The van der Waals surface area contributed by atoms with Crippen molar-refractivity contribution in [2.24, 2.45) is 20.4 Å². The molecule has 0 saturated heterocycles. The largest absolute Gasteiger partial charge is 0.507 e. The number of phenols is 2. The van der Waals surface area contributed by atoms with Crippen molar-refractivity contribution in [2.45, 2.75) is 6.61 Å². The zero-order valence-corrected chi connectivity index (χ0v) is 40.8. The molecular weight excluding hydrogens is 1040 g/mol. The summed E-state index contributed by atoms with van der Waals surface area (Å²) in [5, 5.41) is 41.8. The minimum Gasteiger partial charge on any atom is -0.507 e. The topological polar surface area (TPSA) is 196 Å². The highest BCUT2D eigenvalue weighted by Crippen LogP contribution is 2.37. The predicted molar refractivity (Wildman–Crippen MR) is 287 cm³/mol. The lowest BCUT2D eigenvalue weighted by molar-refractivity contribution is 0.0966. The van der Waals surface area contributed by atoms with Crippen LogP contribution < -0.4 is 16.1 Å². The average molecular weight is 1080 g/mol. The molecule has 0 bridgehead atoms. The van der Waals surface area contributed by atoms with Crippen molar-refractivity contribution in [2.75, 3.05) is 10.8 Å². The van der Waals surface area contributed by atoms with Gasteiger partial charge in [-0.1, -0.05) is 116 Å². The quantitative estimate of drug-likeness (QED) is 0.0220. The van der Waals surface area contributed by atoms with Gasteiger partial charge < -0.3 is 25.2 Å². The summed E-state index contributed by atoms with van der Waals surface area (Å²) in [4.78, 5) is 54.1. The standard InChI is InChI=1S/C56H39Br2N7O7/c57-42-3-1-5-46(29-42)61-56(70)62-55(69)41-16-24-48-40(28-41)17-25-51(66)50(48)31-59-44-19-12-36(13-20-44)35-8-10-37(11-9-35)54(68)38-14-21-45(22-15-38)63-64-53-49-23-7-34(27-39(49)18-26-52(53)67)32-71-60-33-72-65-47-6-2-4-43(58)30-47/h1-31,33,65-67H,32H2,(H2,61,62,69,70). The number of amides is 3. The summed E-state index contributed by atoms with van der Waals surface area (Å²) in [6.45, 7) is 0.183. The summed E-state index contributed by atoms with van der Waals surface area (Å²) in [6.07, 6.45) is 2.73. The number of urea groups is 1. The maximum atomic E-state index is 13.5. The lowest BCUT2D eigenvalue weighted by atomic mass is 9.99. The summed E-state index contributed by atoms with van der Waals surface area (Å²) in [5.74, 6) is -0.755. The molecular formula is C56H39Br2N7O7. The van der Waals surface area contributed by atoms with E-state index in [1.54, 1.807) is 97.2 Å². The molecule has 354 valence electrons. The van der Waals surface area contributed by atoms with E-state index in [0.29, 0.717) is 55.6 Å². The molecule has 0 radical (unpaired) electrons. The Morgan fingerprint density at radius 2 is 1.19 bits per heavy atom. The van der Waals surface area contributed by atoms with Gasteiger partial charge in [0.1, 0.15) is 23.8 Å². The van der Waals surface area contributed by atoms with E-state index in [4.69, 9.17) is 9.68 Å². The summed E-state index contributed by atoms with van der Waals surface area (Å²) in [7, 11) is 0. The number of carbonyl (C=O) groups excluding carboxylic acids is 3. The maximum Gasteiger partial charge on any atom is 0.326 e. The van der Waals surface area contributed by atoms with Crippen molar-refractivity contribution in [1.29, 1.82) is 0 Å². The number of halogens is 2. The molecule has 9 rings (SSSR count). The van der Waals surface area contributed by atoms with Crippen molar-refractivity contribution >= 4 is 112 Å². The number of aromatic hydroxyl groups is 2. The fraction of sp³-hybridized carbons (Fsp3) is 0.0179. The highest BCUT2D eigenvalue weighted by atomic mass is 79.9. The predicted octanol–water partition coefficient (Wildman–Crippen LogP) is 14.5. The number of carbonyl (C=O) groups is 3. The van der Waals surface area contributed by atoms with Crippen LogP contribution in [0.3, 0.4) is 0 Å². The molecule has 14 nitrogen and oxygen atoms in total. The third-order valence-electron chi connectivity index (χ3n) is 11.1. The smallest absolute Gasteiger partial charge is 0.326 e. The van der Waals surface area contributed by atoms with E-state index in [1.807, 2.05) is 84.9 Å². The first-order valence-electron chi connectivity index (χ1n) is 22.0. The second-order valence-corrected chi connectivity index (χ2v) is 17.8. The van der Waals surface area contributed by atoms with E-state index in [1.165, 1.54) is 6.07 Å². The number of imide groups is 1. The van der Waals surface area contributed by atoms with Crippen molar-refractivity contribution < 1.29 is 34.3 Å². The fourth-order valence-electron chi connectivity index (χ4n) is 7.53. The number of azo groups is 1. The number of oxime groups is 1. The van der Waals surface area contributed by atoms with Gasteiger partial charge in [0.15, 0.2) is 5.78 Å². The summed E-state index contributed by atoms with van der Waals surface area (Å²) >= 11 is 6.76. The minimum absolute atomic E-state index is 0.0161. The molecule has 9 aromatic rings. The van der Waals surface area contributed by atoms with Gasteiger partial charge in [0.25, 0.3) is 5.91 Å². The molecule has 0 aliphatic rings. The van der Waals surface area contributed by atoms with Crippen LogP contribution in [-0.2, 0) is 16.3 Å². The normalized spacial score (nSPS) is 11.4. The highest BCUT2D eigenvalue weighted by molar-refractivity contribution is 9.10. The van der Waals surface area contributed by atoms with Gasteiger partial charge in [0.2, 0.25) is 6.40 Å². The van der Waals surface area contributed by atoms with E-state index in [-0.39, 0.29) is 29.5 Å². The molecule has 0 atom stereocenters. The van der Waals surface area contributed by atoms with E-state index in [0.717, 1.165) is 43.1 Å². The van der Waals surface area contributed by atoms with Crippen LogP contribution in [0.5, 0.6) is 11.5 Å². The van der Waals surface area contributed by atoms with E-state index in [9.17, 15) is 24.6 Å². The van der Waals surface area contributed by atoms with Crippen molar-refractivity contribution in [1.82, 2.24) is 5.32 Å². The molecule has 0 fully saturated rings. The molecule has 3 amide bonds. The molecule has 5 N–H and O–H groups in total. The Labute approximate surface area is 428 Å². The number of hydrogen-bond acceptors (Lipinski definition) is 12. The summed E-state index contributed by atoms with van der Waals surface area (Å²) in [5.41, 5.74) is 9.84. The number of phenolic OH excluding ortho intramolecular Hbond substituents is 2. The van der Waals surface area contributed by atoms with Gasteiger partial charge in [-0.05, 0) is 136 Å². The zero-order valence-electron chi connectivity index (χ0n) is 37.7. The summed E-state index contributed by atoms with van der Waals surface area (Å²) < 4.78 is 1.69. The number of rotatable bonds is 15. The number of aliphatic imine (C=N–C) groups is 1. The number of anilines is 2. The van der Waals surface area contributed by atoms with E-state index in [2.05, 4.69) is 68.4 Å². The Bertz CT molecular complexity index is 3590. The van der Waals surface area contributed by atoms with Gasteiger partial charge in [-0.3, -0.25) is 19.9 Å². The van der Waals surface area contributed by atoms with Gasteiger partial charge >= 0.3 is 6.03 Å². The molecule has 0 aliphatic carbocycles. The molecule has 0 aliphatic heterocycles. The lowest BCUT2D eigenvalue weighted by Gasteiger charge is -2.09. The van der Waals surface area contributed by atoms with E-state index < -0.39 is 11.9 Å². The molecule has 0 aromatic heterocycles. The maximum absolute atomic E-state index is 13.5. The van der Waals surface area contributed by atoms with Crippen LogP contribution in [0.15, 0.2) is 211 Å². The van der Waals surface area contributed by atoms with Crippen LogP contribution in [0.2, 0.25) is 0 Å². The zero-order chi connectivity index (χ0) is 50.0. The molecule has 0 unspecified atom stereocenters. The highest BCUT2D eigenvalue weighted by Gasteiger charge is 2.15. The molecule has 0 spiro atoms. The first kappa shape index (κ1) is 48.1. The molecule has 0 saturated carbocycles. The molecule has 72 heavy (non-hydrogen) atoms. The Kier molecular flexibility index (Phi) is 14.8. The third kappa shape index (κ3) is 11.9. The van der Waals surface area contributed by atoms with Crippen molar-refractivity contribution in [3.05, 3.63) is 219 Å². The number of hydrogen-bond donors (Lipinski definition) is 5. The Morgan fingerprint density at radius 1 is 0.583 bits per heavy atom. The Balaban J connectivity index is 0.786. The van der Waals surface area contributed by atoms with Gasteiger partial charge in [0.05, 0.1) is 17.1 Å². The van der Waals surface area contributed by atoms with Crippen molar-refractivity contribution in [3.63, 3.8) is 0 Å². The molecule has 0 heterocycles. The van der Waals surface area contributed by atoms with Gasteiger partial charge in [-0.15, -0.1) is 5.11 Å². The number of ketones is 1. The number of benzene rings is 9. The van der Waals surface area contributed by atoms with Gasteiger partial charge in [-0.2, -0.15) is 5.11 Å². The third-order valence-corrected chi connectivity index (χ3v) is 12.1. The van der Waals surface area contributed by atoms with Gasteiger partial charge in [0, 0.05) is 48.5 Å². The van der Waals surface area contributed by atoms with E-state index >= 15 is 0 Å². The van der Waals surface area contributed by atoms with Crippen LogP contribution in [0, 0.1) is 0 Å². The second kappa shape index (κ2) is 22.2. The number of nitrogens with zero attached hydrogens (tertiary/aromatic N) is 4. The summed E-state index contributed by atoms with van der Waals surface area (Å²) in [6, 6.07) is 52.5. The number of nitrogens with one attached hydrogen (secondary N) is 3. The Morgan fingerprint density at radius 3 is 1.92 bits per heavy atom. The average Bonchev–Trinajstić information content (AvgIpc) is 3.39. The molecule has 16 heteroatoms. The van der Waals surface area contributed by atoms with Crippen LogP contribution in [0.25, 0.3) is 32.7 Å². The van der Waals surface area contributed by atoms with Gasteiger partial charge in [-0.25, -0.2) is 10.3 Å². The Hall–Kier alpha value is -8.99. The second-order valence-electron chi connectivity index (χ2n) is 16.0. The fourth-order valence-corrected chi connectivity index (χ4v) is 8.32. The molecule has 9 aromatic carbocycles. The van der Waals surface area contributed by atoms with Crippen LogP contribution >= 0.6 is 31.9 Å². The van der Waals surface area contributed by atoms with Crippen LogP contribution in [0.1, 0.15) is 37.4 Å². The lowest BCUT2D eigenvalue weighted by Crippen LogP contribution is -2.34. The van der Waals surface area contributed by atoms with Crippen LogP contribution in [0.4, 0.5) is 33.2 Å². The van der Waals surface area contributed by atoms with Crippen molar-refractivity contribution in [3.8, 4) is 22.6 Å².